The number of ether oxygens (including phenoxy) is 1. The van der Waals surface area contributed by atoms with Crippen molar-refractivity contribution in [1.29, 1.82) is 0 Å². The maximum atomic E-state index is 12.8. The van der Waals surface area contributed by atoms with Crippen molar-refractivity contribution < 1.29 is 18.7 Å². The molecular weight excluding hydrogens is 432 g/mol. The number of hydrogen-bond donors (Lipinski definition) is 1. The quantitative estimate of drug-likeness (QED) is 0.436. The number of para-hydroxylation sites is 1. The summed E-state index contributed by atoms with van der Waals surface area (Å²) in [6.07, 6.45) is 1.62. The van der Waals surface area contributed by atoms with Gasteiger partial charge in [-0.3, -0.25) is 9.59 Å². The first-order chi connectivity index (χ1) is 16.6. The van der Waals surface area contributed by atoms with Gasteiger partial charge in [0.1, 0.15) is 16.9 Å². The summed E-state index contributed by atoms with van der Waals surface area (Å²) >= 11 is 0. The van der Waals surface area contributed by atoms with Crippen LogP contribution in [0.15, 0.2) is 88.1 Å². The SMILES string of the molecule is O=C(Nc1ccc2c(c1)N(CCCc1ccccc1)C(=O)CO2)c1cc2ccccc2oc1=O. The van der Waals surface area contributed by atoms with Crippen LogP contribution in [0.25, 0.3) is 11.0 Å². The summed E-state index contributed by atoms with van der Waals surface area (Å²) in [6, 6.07) is 23.7. The molecule has 0 spiro atoms. The van der Waals surface area contributed by atoms with Gasteiger partial charge in [-0.2, -0.15) is 0 Å². The van der Waals surface area contributed by atoms with E-state index in [1.165, 1.54) is 11.6 Å². The van der Waals surface area contributed by atoms with Gasteiger partial charge in [-0.15, -0.1) is 0 Å². The lowest BCUT2D eigenvalue weighted by Gasteiger charge is -2.30. The minimum absolute atomic E-state index is 0.0256. The third-order valence-electron chi connectivity index (χ3n) is 5.74. The number of carbonyl (C=O) groups excluding carboxylic acids is 2. The molecule has 7 heteroatoms. The molecule has 0 aliphatic carbocycles. The largest absolute Gasteiger partial charge is 0.482 e. The molecule has 1 aromatic heterocycles. The first-order valence-corrected chi connectivity index (χ1v) is 11.0. The molecule has 4 aromatic rings. The Balaban J connectivity index is 1.35. The van der Waals surface area contributed by atoms with E-state index in [0.29, 0.717) is 34.6 Å². The van der Waals surface area contributed by atoms with Gasteiger partial charge in [0.2, 0.25) is 0 Å². The monoisotopic (exact) mass is 454 g/mol. The Bertz CT molecular complexity index is 1430. The predicted molar refractivity (Wildman–Crippen MR) is 129 cm³/mol. The van der Waals surface area contributed by atoms with E-state index in [9.17, 15) is 14.4 Å². The normalized spacial score (nSPS) is 12.8. The molecule has 1 aliphatic rings. The number of fused-ring (bicyclic) bond motifs is 2. The molecule has 2 heterocycles. The smallest absolute Gasteiger partial charge is 0.349 e. The zero-order valence-corrected chi connectivity index (χ0v) is 18.3. The van der Waals surface area contributed by atoms with Gasteiger partial charge in [0.25, 0.3) is 11.8 Å². The maximum absolute atomic E-state index is 12.8. The highest BCUT2D eigenvalue weighted by Crippen LogP contribution is 2.35. The lowest BCUT2D eigenvalue weighted by Crippen LogP contribution is -2.39. The highest BCUT2D eigenvalue weighted by Gasteiger charge is 2.26. The summed E-state index contributed by atoms with van der Waals surface area (Å²) < 4.78 is 10.8. The highest BCUT2D eigenvalue weighted by molar-refractivity contribution is 6.06. The Labute approximate surface area is 195 Å². The minimum atomic E-state index is -0.713. The van der Waals surface area contributed by atoms with E-state index in [4.69, 9.17) is 9.15 Å². The topological polar surface area (TPSA) is 88.8 Å². The zero-order valence-electron chi connectivity index (χ0n) is 18.3. The van der Waals surface area contributed by atoms with Gasteiger partial charge in [-0.1, -0.05) is 48.5 Å². The van der Waals surface area contributed by atoms with Crippen LogP contribution < -0.4 is 20.6 Å². The Kier molecular flexibility index (Phi) is 5.82. The summed E-state index contributed by atoms with van der Waals surface area (Å²) in [5, 5.41) is 3.39. The second kappa shape index (κ2) is 9.23. The lowest BCUT2D eigenvalue weighted by molar-refractivity contribution is -0.121. The first kappa shape index (κ1) is 21.5. The molecule has 0 atom stereocenters. The second-order valence-corrected chi connectivity index (χ2v) is 8.05. The molecule has 1 N–H and O–H groups in total. The molecule has 0 fully saturated rings. The molecule has 3 aromatic carbocycles. The van der Waals surface area contributed by atoms with Gasteiger partial charge in [0, 0.05) is 17.6 Å². The number of amides is 2. The van der Waals surface area contributed by atoms with Crippen LogP contribution in [0.3, 0.4) is 0 Å². The van der Waals surface area contributed by atoms with E-state index in [0.717, 1.165) is 12.8 Å². The van der Waals surface area contributed by atoms with E-state index in [-0.39, 0.29) is 18.1 Å². The number of anilines is 2. The Morgan fingerprint density at radius 1 is 0.941 bits per heavy atom. The van der Waals surface area contributed by atoms with Crippen molar-refractivity contribution in [2.45, 2.75) is 12.8 Å². The van der Waals surface area contributed by atoms with Crippen molar-refractivity contribution in [3.05, 3.63) is 100 Å². The second-order valence-electron chi connectivity index (χ2n) is 8.05. The van der Waals surface area contributed by atoms with Crippen molar-refractivity contribution in [2.75, 3.05) is 23.4 Å². The van der Waals surface area contributed by atoms with Crippen LogP contribution in [-0.2, 0) is 11.2 Å². The fraction of sp³-hybridized carbons (Fsp3) is 0.148. The van der Waals surface area contributed by atoms with E-state index in [1.54, 1.807) is 47.4 Å². The van der Waals surface area contributed by atoms with Crippen molar-refractivity contribution in [2.24, 2.45) is 0 Å². The van der Waals surface area contributed by atoms with Gasteiger partial charge in [-0.25, -0.2) is 4.79 Å². The molecule has 0 bridgehead atoms. The lowest BCUT2D eigenvalue weighted by atomic mass is 10.1. The number of hydrogen-bond acceptors (Lipinski definition) is 5. The molecule has 0 radical (unpaired) electrons. The van der Waals surface area contributed by atoms with Crippen LogP contribution in [0, 0.1) is 0 Å². The third-order valence-corrected chi connectivity index (χ3v) is 5.74. The predicted octanol–water partition coefficient (Wildman–Crippen LogP) is 4.40. The first-order valence-electron chi connectivity index (χ1n) is 11.0. The van der Waals surface area contributed by atoms with Gasteiger partial charge >= 0.3 is 5.63 Å². The minimum Gasteiger partial charge on any atom is -0.482 e. The summed E-state index contributed by atoms with van der Waals surface area (Å²) in [5.74, 6) is -0.153. The van der Waals surface area contributed by atoms with Crippen molar-refractivity contribution in [3.63, 3.8) is 0 Å². The number of aryl methyl sites for hydroxylation is 1. The molecule has 1 aliphatic heterocycles. The molecular formula is C27H22N2O5. The molecule has 7 nitrogen and oxygen atoms in total. The summed E-state index contributed by atoms with van der Waals surface area (Å²) in [6.45, 7) is 0.498. The van der Waals surface area contributed by atoms with E-state index in [2.05, 4.69) is 17.4 Å². The number of benzene rings is 3. The average Bonchev–Trinajstić information content (AvgIpc) is 2.85. The van der Waals surface area contributed by atoms with Crippen LogP contribution >= 0.6 is 0 Å². The standard InChI is InChI=1S/C27H22N2O5/c30-25-17-33-24-13-12-20(16-22(24)29(25)14-6-9-18-7-2-1-3-8-18)28-26(31)21-15-19-10-4-5-11-23(19)34-27(21)32/h1-5,7-8,10-13,15-16H,6,9,14,17H2,(H,28,31). The molecule has 5 rings (SSSR count). The van der Waals surface area contributed by atoms with Gasteiger partial charge in [0.05, 0.1) is 5.69 Å². The van der Waals surface area contributed by atoms with E-state index < -0.39 is 11.5 Å². The summed E-state index contributed by atoms with van der Waals surface area (Å²) in [4.78, 5) is 39.4. The van der Waals surface area contributed by atoms with Crippen molar-refractivity contribution in [3.8, 4) is 5.75 Å². The number of carbonyl (C=O) groups is 2. The molecule has 0 unspecified atom stereocenters. The van der Waals surface area contributed by atoms with E-state index in [1.807, 2.05) is 18.2 Å². The van der Waals surface area contributed by atoms with Crippen LogP contribution in [0.5, 0.6) is 5.75 Å². The van der Waals surface area contributed by atoms with Crippen LogP contribution in [0.4, 0.5) is 11.4 Å². The Morgan fingerprint density at radius 2 is 1.74 bits per heavy atom. The van der Waals surface area contributed by atoms with Crippen LogP contribution in [-0.4, -0.2) is 25.0 Å². The van der Waals surface area contributed by atoms with Gasteiger partial charge in [-0.05, 0) is 48.7 Å². The zero-order chi connectivity index (χ0) is 23.5. The maximum Gasteiger partial charge on any atom is 0.349 e. The fourth-order valence-electron chi connectivity index (χ4n) is 4.03. The molecule has 2 amide bonds. The highest BCUT2D eigenvalue weighted by atomic mass is 16.5. The van der Waals surface area contributed by atoms with E-state index >= 15 is 0 Å². The molecule has 170 valence electrons. The number of nitrogens with one attached hydrogen (secondary N) is 1. The number of nitrogens with zero attached hydrogens (tertiary/aromatic N) is 1. The summed E-state index contributed by atoms with van der Waals surface area (Å²) in [5.41, 5.74) is 1.85. The van der Waals surface area contributed by atoms with Gasteiger partial charge < -0.3 is 19.4 Å². The third kappa shape index (κ3) is 4.41. The average molecular weight is 454 g/mol. The van der Waals surface area contributed by atoms with Crippen molar-refractivity contribution in [1.82, 2.24) is 0 Å². The van der Waals surface area contributed by atoms with Crippen molar-refractivity contribution >= 4 is 34.2 Å². The Morgan fingerprint density at radius 3 is 2.59 bits per heavy atom. The Hall–Kier alpha value is -4.39. The molecule has 34 heavy (non-hydrogen) atoms. The molecule has 0 saturated carbocycles. The molecule has 0 saturated heterocycles. The summed E-state index contributed by atoms with van der Waals surface area (Å²) in [7, 11) is 0. The fourth-order valence-corrected chi connectivity index (χ4v) is 4.03. The van der Waals surface area contributed by atoms with Crippen LogP contribution in [0.2, 0.25) is 0 Å². The number of rotatable bonds is 6. The van der Waals surface area contributed by atoms with Crippen LogP contribution in [0.1, 0.15) is 22.3 Å². The van der Waals surface area contributed by atoms with Gasteiger partial charge in [0.15, 0.2) is 6.61 Å².